The lowest BCUT2D eigenvalue weighted by Crippen LogP contribution is -2.33. The molecule has 3 heteroatoms. The molecule has 0 saturated carbocycles. The number of hydrogen-bond donors (Lipinski definition) is 1. The molecule has 0 radical (unpaired) electrons. The molecule has 0 amide bonds. The predicted molar refractivity (Wildman–Crippen MR) is 89.1 cm³/mol. The zero-order valence-corrected chi connectivity index (χ0v) is 13.8. The highest BCUT2D eigenvalue weighted by atomic mass is 16.4. The van der Waals surface area contributed by atoms with Gasteiger partial charge in [0, 0.05) is 18.8 Å². The maximum Gasteiger partial charge on any atom is 0.308 e. The van der Waals surface area contributed by atoms with Crippen molar-refractivity contribution in [2.75, 3.05) is 18.0 Å². The molecule has 1 aromatic rings. The van der Waals surface area contributed by atoms with E-state index >= 15 is 0 Å². The van der Waals surface area contributed by atoms with Crippen molar-refractivity contribution >= 4 is 11.7 Å². The Labute approximate surface area is 129 Å². The van der Waals surface area contributed by atoms with E-state index in [2.05, 4.69) is 43.9 Å². The van der Waals surface area contributed by atoms with E-state index in [-0.39, 0.29) is 5.92 Å². The Hall–Kier alpha value is -1.51. The third-order valence-electron chi connectivity index (χ3n) is 3.85. The van der Waals surface area contributed by atoms with E-state index in [1.165, 1.54) is 24.1 Å². The molecule has 118 valence electrons. The van der Waals surface area contributed by atoms with E-state index in [4.69, 9.17) is 0 Å². The van der Waals surface area contributed by atoms with E-state index in [9.17, 15) is 9.90 Å². The van der Waals surface area contributed by atoms with Gasteiger partial charge in [0.15, 0.2) is 0 Å². The molecule has 1 atom stereocenters. The largest absolute Gasteiger partial charge is 0.481 e. The van der Waals surface area contributed by atoms with Gasteiger partial charge in [-0.25, -0.2) is 0 Å². The number of rotatable bonds is 9. The van der Waals surface area contributed by atoms with Gasteiger partial charge in [0.1, 0.15) is 0 Å². The number of unbranched alkanes of at least 4 members (excludes halogenated alkanes) is 2. The summed E-state index contributed by atoms with van der Waals surface area (Å²) in [6.45, 7) is 9.84. The second-order valence-corrected chi connectivity index (χ2v) is 6.11. The molecule has 0 aromatic heterocycles. The van der Waals surface area contributed by atoms with E-state index in [0.717, 1.165) is 13.0 Å². The molecule has 1 N–H and O–H groups in total. The lowest BCUT2D eigenvalue weighted by atomic mass is 9.99. The van der Waals surface area contributed by atoms with Gasteiger partial charge in [-0.2, -0.15) is 0 Å². The van der Waals surface area contributed by atoms with Crippen LogP contribution in [0.4, 0.5) is 5.69 Å². The molecule has 0 aliphatic heterocycles. The van der Waals surface area contributed by atoms with Crippen molar-refractivity contribution in [1.82, 2.24) is 0 Å². The molecule has 0 heterocycles. The van der Waals surface area contributed by atoms with Crippen LogP contribution in [0, 0.1) is 5.92 Å². The van der Waals surface area contributed by atoms with Crippen molar-refractivity contribution in [1.29, 1.82) is 0 Å². The van der Waals surface area contributed by atoms with Crippen molar-refractivity contribution in [3.8, 4) is 0 Å². The molecule has 0 bridgehead atoms. The summed E-state index contributed by atoms with van der Waals surface area (Å²) in [6.07, 6.45) is 3.46. The highest BCUT2D eigenvalue weighted by molar-refractivity contribution is 5.70. The number of carboxylic acid groups (broad SMARTS) is 1. The average Bonchev–Trinajstić information content (AvgIpc) is 2.46. The highest BCUT2D eigenvalue weighted by Crippen LogP contribution is 2.28. The maximum absolute atomic E-state index is 11.2. The van der Waals surface area contributed by atoms with Gasteiger partial charge in [-0.05, 0) is 24.0 Å². The van der Waals surface area contributed by atoms with Crippen LogP contribution in [0.15, 0.2) is 24.3 Å². The van der Waals surface area contributed by atoms with Crippen LogP contribution in [-0.2, 0) is 4.79 Å². The van der Waals surface area contributed by atoms with Gasteiger partial charge in [0.25, 0.3) is 0 Å². The Balaban J connectivity index is 2.96. The summed E-state index contributed by atoms with van der Waals surface area (Å²) in [5, 5.41) is 9.20. The van der Waals surface area contributed by atoms with Crippen molar-refractivity contribution in [2.45, 2.75) is 52.9 Å². The minimum absolute atomic E-state index is 0.355. The number of hydrogen-bond acceptors (Lipinski definition) is 2. The summed E-state index contributed by atoms with van der Waals surface area (Å²) in [6, 6.07) is 8.37. The minimum atomic E-state index is -0.725. The fourth-order valence-electron chi connectivity index (χ4n) is 2.54. The molecule has 0 saturated heterocycles. The van der Waals surface area contributed by atoms with Crippen LogP contribution in [0.25, 0.3) is 0 Å². The Bertz CT molecular complexity index is 443. The average molecular weight is 291 g/mol. The lowest BCUT2D eigenvalue weighted by molar-refractivity contribution is -0.140. The molecule has 1 unspecified atom stereocenters. The van der Waals surface area contributed by atoms with E-state index in [1.807, 2.05) is 6.07 Å². The van der Waals surface area contributed by atoms with Gasteiger partial charge < -0.3 is 10.0 Å². The normalized spacial score (nSPS) is 12.4. The fraction of sp³-hybridized carbons (Fsp3) is 0.611. The summed E-state index contributed by atoms with van der Waals surface area (Å²) >= 11 is 0. The number of carboxylic acids is 1. The molecular formula is C18H29NO2. The third-order valence-corrected chi connectivity index (χ3v) is 3.85. The van der Waals surface area contributed by atoms with Crippen LogP contribution < -0.4 is 4.90 Å². The lowest BCUT2D eigenvalue weighted by Gasteiger charge is -2.29. The number of benzene rings is 1. The Morgan fingerprint density at radius 2 is 1.86 bits per heavy atom. The molecule has 21 heavy (non-hydrogen) atoms. The predicted octanol–water partition coefficient (Wildman–Crippen LogP) is 4.53. The van der Waals surface area contributed by atoms with E-state index in [1.54, 1.807) is 6.92 Å². The molecule has 0 aliphatic rings. The van der Waals surface area contributed by atoms with Gasteiger partial charge in [0.05, 0.1) is 5.92 Å². The topological polar surface area (TPSA) is 40.5 Å². The van der Waals surface area contributed by atoms with Crippen molar-refractivity contribution < 1.29 is 9.90 Å². The second-order valence-electron chi connectivity index (χ2n) is 6.11. The Kier molecular flexibility index (Phi) is 7.27. The standard InChI is InChI=1S/C18H29NO2/c1-5-6-9-12-19(13-15(4)18(20)21)17-11-8-7-10-16(17)14(2)3/h7-8,10-11,14-15H,5-6,9,12-13H2,1-4H3,(H,20,21). The highest BCUT2D eigenvalue weighted by Gasteiger charge is 2.19. The van der Waals surface area contributed by atoms with Crippen LogP contribution in [-0.4, -0.2) is 24.2 Å². The second kappa shape index (κ2) is 8.71. The molecule has 1 aromatic carbocycles. The molecular weight excluding hydrogens is 262 g/mol. The number of para-hydroxylation sites is 1. The number of anilines is 1. The first kappa shape index (κ1) is 17.5. The quantitative estimate of drug-likeness (QED) is 0.680. The van der Waals surface area contributed by atoms with Gasteiger partial charge in [0.2, 0.25) is 0 Å². The number of aliphatic carboxylic acids is 1. The van der Waals surface area contributed by atoms with Gasteiger partial charge in [-0.3, -0.25) is 4.79 Å². The summed E-state index contributed by atoms with van der Waals surface area (Å²) in [4.78, 5) is 13.4. The molecule has 1 rings (SSSR count). The van der Waals surface area contributed by atoms with Crippen LogP contribution >= 0.6 is 0 Å². The van der Waals surface area contributed by atoms with Crippen LogP contribution in [0.3, 0.4) is 0 Å². The van der Waals surface area contributed by atoms with Gasteiger partial charge in [-0.1, -0.05) is 58.7 Å². The molecule has 3 nitrogen and oxygen atoms in total. The van der Waals surface area contributed by atoms with Gasteiger partial charge in [-0.15, -0.1) is 0 Å². The van der Waals surface area contributed by atoms with Crippen LogP contribution in [0.5, 0.6) is 0 Å². The maximum atomic E-state index is 11.2. The summed E-state index contributed by atoms with van der Waals surface area (Å²) in [5.41, 5.74) is 2.49. The smallest absolute Gasteiger partial charge is 0.308 e. The summed E-state index contributed by atoms with van der Waals surface area (Å²) in [5.74, 6) is -0.639. The number of nitrogens with zero attached hydrogens (tertiary/aromatic N) is 1. The first-order valence-electron chi connectivity index (χ1n) is 8.04. The Morgan fingerprint density at radius 3 is 2.43 bits per heavy atom. The zero-order chi connectivity index (χ0) is 15.8. The number of carbonyl (C=O) groups is 1. The van der Waals surface area contributed by atoms with Crippen molar-refractivity contribution in [3.63, 3.8) is 0 Å². The Morgan fingerprint density at radius 1 is 1.19 bits per heavy atom. The van der Waals surface area contributed by atoms with E-state index in [0.29, 0.717) is 12.5 Å². The first-order chi connectivity index (χ1) is 9.97. The summed E-state index contributed by atoms with van der Waals surface area (Å²) < 4.78 is 0. The monoisotopic (exact) mass is 291 g/mol. The first-order valence-corrected chi connectivity index (χ1v) is 8.04. The van der Waals surface area contributed by atoms with Crippen LogP contribution in [0.1, 0.15) is 58.4 Å². The molecule has 0 spiro atoms. The zero-order valence-electron chi connectivity index (χ0n) is 13.8. The van der Waals surface area contributed by atoms with Gasteiger partial charge >= 0.3 is 5.97 Å². The third kappa shape index (κ3) is 5.41. The molecule has 0 aliphatic carbocycles. The SMILES string of the molecule is CCCCCN(CC(C)C(=O)O)c1ccccc1C(C)C. The van der Waals surface area contributed by atoms with Crippen molar-refractivity contribution in [3.05, 3.63) is 29.8 Å². The van der Waals surface area contributed by atoms with Crippen LogP contribution in [0.2, 0.25) is 0 Å². The van der Waals surface area contributed by atoms with Crippen molar-refractivity contribution in [2.24, 2.45) is 5.92 Å². The fourth-order valence-corrected chi connectivity index (χ4v) is 2.54. The van der Waals surface area contributed by atoms with E-state index < -0.39 is 5.97 Å². The minimum Gasteiger partial charge on any atom is -0.481 e. The summed E-state index contributed by atoms with van der Waals surface area (Å²) in [7, 11) is 0. The molecule has 0 fully saturated rings.